The highest BCUT2D eigenvalue weighted by atomic mass is 32.2. The second-order valence-corrected chi connectivity index (χ2v) is 14.2. The van der Waals surface area contributed by atoms with E-state index in [9.17, 15) is 18.0 Å². The summed E-state index contributed by atoms with van der Waals surface area (Å²) in [5.74, 6) is -1.27. The molecule has 5 rings (SSSR count). The molecule has 1 fully saturated rings. The van der Waals surface area contributed by atoms with E-state index in [0.717, 1.165) is 47.5 Å². The second-order valence-electron chi connectivity index (χ2n) is 12.4. The smallest absolute Gasteiger partial charge is 0.264 e. The van der Waals surface area contributed by atoms with Gasteiger partial charge in [0.15, 0.2) is 0 Å². The molecule has 0 aromatic heterocycles. The number of sulfonamides is 1. The van der Waals surface area contributed by atoms with Crippen molar-refractivity contribution in [3.63, 3.8) is 0 Å². The summed E-state index contributed by atoms with van der Waals surface area (Å²) in [6, 6.07) is 27.3. The molecule has 4 aromatic rings. The fraction of sp³-hybridized carbons (Fsp3) is 0.333. The number of anilines is 1. The fourth-order valence-corrected chi connectivity index (χ4v) is 7.62. The summed E-state index contributed by atoms with van der Waals surface area (Å²) in [4.78, 5) is 30.3. The molecular weight excluding hydrogens is 642 g/mol. The number of benzene rings is 4. The molecule has 0 radical (unpaired) electrons. The highest BCUT2D eigenvalue weighted by Gasteiger charge is 2.36. The lowest BCUT2D eigenvalue weighted by Crippen LogP contribution is -2.55. The first kappa shape index (κ1) is 35.6. The molecule has 0 unspecified atom stereocenters. The Kier molecular flexibility index (Phi) is 12.1. The van der Waals surface area contributed by atoms with Crippen molar-refractivity contribution in [2.75, 3.05) is 17.5 Å². The van der Waals surface area contributed by atoms with Crippen LogP contribution in [-0.4, -0.2) is 50.4 Å². The van der Waals surface area contributed by atoms with Crippen molar-refractivity contribution in [3.8, 4) is 5.75 Å². The third-order valence-electron chi connectivity index (χ3n) is 8.84. The Bertz CT molecular complexity index is 1810. The van der Waals surface area contributed by atoms with E-state index in [1.165, 1.54) is 23.1 Å². The topological polar surface area (TPSA) is 96.0 Å². The van der Waals surface area contributed by atoms with Gasteiger partial charge in [0.1, 0.15) is 24.2 Å². The van der Waals surface area contributed by atoms with Crippen molar-refractivity contribution in [1.29, 1.82) is 0 Å². The van der Waals surface area contributed by atoms with E-state index in [-0.39, 0.29) is 53.4 Å². The molecule has 0 bridgehead atoms. The molecular formula is C39H44FN3O5S. The molecule has 1 aliphatic carbocycles. The molecule has 2 amide bonds. The second kappa shape index (κ2) is 16.6. The van der Waals surface area contributed by atoms with Crippen LogP contribution in [0.5, 0.6) is 5.75 Å². The van der Waals surface area contributed by atoms with Crippen LogP contribution in [0.1, 0.15) is 55.7 Å². The van der Waals surface area contributed by atoms with Gasteiger partial charge in [-0.15, -0.1) is 0 Å². The first-order valence-corrected chi connectivity index (χ1v) is 18.3. The lowest BCUT2D eigenvalue weighted by molar-refractivity contribution is -0.140. The highest BCUT2D eigenvalue weighted by molar-refractivity contribution is 7.92. The summed E-state index contributed by atoms with van der Waals surface area (Å²) < 4.78 is 50.9. The number of halogens is 1. The molecule has 0 aliphatic heterocycles. The first-order chi connectivity index (χ1) is 23.7. The number of carbonyl (C=O) groups excluding carboxylic acids is 2. The Morgan fingerprint density at radius 2 is 1.53 bits per heavy atom. The zero-order valence-electron chi connectivity index (χ0n) is 28.1. The van der Waals surface area contributed by atoms with Crippen LogP contribution in [0.4, 0.5) is 10.1 Å². The van der Waals surface area contributed by atoms with Gasteiger partial charge in [-0.3, -0.25) is 13.9 Å². The van der Waals surface area contributed by atoms with Gasteiger partial charge < -0.3 is 15.0 Å². The third kappa shape index (κ3) is 9.06. The number of aryl methyl sites for hydroxylation is 1. The predicted octanol–water partition coefficient (Wildman–Crippen LogP) is 6.82. The molecule has 1 saturated carbocycles. The van der Waals surface area contributed by atoms with Crippen molar-refractivity contribution < 1.29 is 27.1 Å². The van der Waals surface area contributed by atoms with Crippen LogP contribution in [0, 0.1) is 12.7 Å². The minimum atomic E-state index is -4.32. The van der Waals surface area contributed by atoms with Crippen molar-refractivity contribution >= 4 is 27.5 Å². The van der Waals surface area contributed by atoms with Crippen LogP contribution in [0.15, 0.2) is 108 Å². The SMILES string of the molecule is CCOc1ccccc1N(CC(=O)N(Cc1ccccc1F)[C@@H](Cc1ccccc1)C(=O)NC1CCCCC1)S(=O)(=O)c1ccc(C)cc1. The maximum atomic E-state index is 15.2. The predicted molar refractivity (Wildman–Crippen MR) is 189 cm³/mol. The first-order valence-electron chi connectivity index (χ1n) is 16.9. The number of ether oxygens (including phenoxy) is 1. The molecule has 1 aliphatic rings. The average molecular weight is 686 g/mol. The molecule has 258 valence electrons. The molecule has 49 heavy (non-hydrogen) atoms. The average Bonchev–Trinajstić information content (AvgIpc) is 3.11. The van der Waals surface area contributed by atoms with Crippen LogP contribution in [0.3, 0.4) is 0 Å². The fourth-order valence-electron chi connectivity index (χ4n) is 6.20. The highest BCUT2D eigenvalue weighted by Crippen LogP contribution is 2.33. The monoisotopic (exact) mass is 685 g/mol. The molecule has 0 spiro atoms. The number of para-hydroxylation sites is 2. The van der Waals surface area contributed by atoms with Gasteiger partial charge in [0.25, 0.3) is 10.0 Å². The largest absolute Gasteiger partial charge is 0.492 e. The van der Waals surface area contributed by atoms with Gasteiger partial charge in [-0.2, -0.15) is 0 Å². The number of hydrogen-bond donors (Lipinski definition) is 1. The van der Waals surface area contributed by atoms with E-state index in [0.29, 0.717) is 0 Å². The summed E-state index contributed by atoms with van der Waals surface area (Å²) in [6.45, 7) is 3.01. The van der Waals surface area contributed by atoms with Crippen LogP contribution in [0.2, 0.25) is 0 Å². The Labute approximate surface area is 289 Å². The number of carbonyl (C=O) groups is 2. The van der Waals surface area contributed by atoms with Gasteiger partial charge in [-0.1, -0.05) is 97.6 Å². The maximum Gasteiger partial charge on any atom is 0.264 e. The van der Waals surface area contributed by atoms with Gasteiger partial charge in [-0.05, 0) is 62.6 Å². The molecule has 1 atom stereocenters. The third-order valence-corrected chi connectivity index (χ3v) is 10.6. The number of hydrogen-bond acceptors (Lipinski definition) is 5. The Hall–Kier alpha value is -4.70. The zero-order chi connectivity index (χ0) is 34.8. The van der Waals surface area contributed by atoms with Crippen molar-refractivity contribution in [1.82, 2.24) is 10.2 Å². The van der Waals surface area contributed by atoms with Gasteiger partial charge in [0, 0.05) is 24.6 Å². The van der Waals surface area contributed by atoms with E-state index < -0.39 is 34.3 Å². The normalized spacial score (nSPS) is 14.1. The Balaban J connectivity index is 1.60. The minimum absolute atomic E-state index is 0.00580. The van der Waals surface area contributed by atoms with Crippen molar-refractivity contribution in [3.05, 3.63) is 126 Å². The molecule has 10 heteroatoms. The van der Waals surface area contributed by atoms with Crippen LogP contribution in [-0.2, 0) is 32.6 Å². The van der Waals surface area contributed by atoms with Crippen LogP contribution >= 0.6 is 0 Å². The summed E-state index contributed by atoms with van der Waals surface area (Å²) >= 11 is 0. The summed E-state index contributed by atoms with van der Waals surface area (Å²) in [7, 11) is -4.32. The minimum Gasteiger partial charge on any atom is -0.492 e. The van der Waals surface area contributed by atoms with Gasteiger partial charge in [-0.25, -0.2) is 12.8 Å². The molecule has 8 nitrogen and oxygen atoms in total. The number of nitrogens with one attached hydrogen (secondary N) is 1. The van der Waals surface area contributed by atoms with E-state index in [4.69, 9.17) is 4.74 Å². The van der Waals surface area contributed by atoms with Crippen molar-refractivity contribution in [2.24, 2.45) is 0 Å². The molecule has 1 N–H and O–H groups in total. The summed E-state index contributed by atoms with van der Waals surface area (Å²) in [6.07, 6.45) is 4.92. The van der Waals surface area contributed by atoms with Crippen LogP contribution < -0.4 is 14.4 Å². The lowest BCUT2D eigenvalue weighted by Gasteiger charge is -2.35. The van der Waals surface area contributed by atoms with Gasteiger partial charge in [0.2, 0.25) is 11.8 Å². The van der Waals surface area contributed by atoms with E-state index in [1.54, 1.807) is 61.5 Å². The standard InChI is InChI=1S/C39H44FN3O5S/c1-3-48-37-21-13-12-20-35(37)43(49(46,47)33-24-22-29(2)23-25-33)28-38(44)42(27-31-16-10-11-19-34(31)40)36(26-30-14-6-4-7-15-30)39(45)41-32-17-8-5-9-18-32/h4,6-7,10-16,19-25,32,36H,3,5,8-9,17-18,26-28H2,1-2H3,(H,41,45)/t36-/m0/s1. The summed E-state index contributed by atoms with van der Waals surface area (Å²) in [5.41, 5.74) is 2.07. The van der Waals surface area contributed by atoms with Crippen molar-refractivity contribution in [2.45, 2.75) is 75.9 Å². The van der Waals surface area contributed by atoms with Crippen LogP contribution in [0.25, 0.3) is 0 Å². The lowest BCUT2D eigenvalue weighted by atomic mass is 9.94. The Morgan fingerprint density at radius 1 is 0.878 bits per heavy atom. The summed E-state index contributed by atoms with van der Waals surface area (Å²) in [5, 5.41) is 3.17. The molecule has 4 aromatic carbocycles. The zero-order valence-corrected chi connectivity index (χ0v) is 28.9. The maximum absolute atomic E-state index is 15.2. The quantitative estimate of drug-likeness (QED) is 0.157. The number of rotatable bonds is 14. The number of nitrogens with zero attached hydrogens (tertiary/aromatic N) is 2. The van der Waals surface area contributed by atoms with E-state index in [1.807, 2.05) is 37.3 Å². The molecule has 0 heterocycles. The van der Waals surface area contributed by atoms with Gasteiger partial charge in [0.05, 0.1) is 17.2 Å². The van der Waals surface area contributed by atoms with E-state index in [2.05, 4.69) is 5.32 Å². The number of amides is 2. The Morgan fingerprint density at radius 3 is 2.22 bits per heavy atom. The van der Waals surface area contributed by atoms with Gasteiger partial charge >= 0.3 is 0 Å². The molecule has 0 saturated heterocycles. The van der Waals surface area contributed by atoms with E-state index >= 15 is 4.39 Å².